The number of aromatic nitrogens is 2. The van der Waals surface area contributed by atoms with Crippen LogP contribution in [0.4, 0.5) is 17.3 Å². The molecule has 0 saturated heterocycles. The largest absolute Gasteiger partial charge is 0.463 e. The number of allylic oxidation sites excluding steroid dienone is 2. The summed E-state index contributed by atoms with van der Waals surface area (Å²) in [6.07, 6.45) is 0. The molecule has 3 rings (SSSR count). The van der Waals surface area contributed by atoms with Crippen LogP contribution < -0.4 is 16.0 Å². The highest BCUT2D eigenvalue weighted by Gasteiger charge is 2.40. The Labute approximate surface area is 187 Å². The summed E-state index contributed by atoms with van der Waals surface area (Å²) < 4.78 is 9.96. The zero-order valence-corrected chi connectivity index (χ0v) is 17.9. The van der Waals surface area contributed by atoms with Crippen molar-refractivity contribution in [3.8, 4) is 6.07 Å². The van der Waals surface area contributed by atoms with E-state index in [-0.39, 0.29) is 46.6 Å². The predicted octanol–water partition coefficient (Wildman–Crippen LogP) is 2.07. The molecule has 170 valence electrons. The highest BCUT2D eigenvalue weighted by atomic mass is 16.6. The molecule has 0 bridgehead atoms. The molecule has 1 aromatic carbocycles. The van der Waals surface area contributed by atoms with Crippen molar-refractivity contribution in [3.63, 3.8) is 0 Å². The molecular weight excluding hydrogens is 434 g/mol. The van der Waals surface area contributed by atoms with Gasteiger partial charge in [0, 0.05) is 24.8 Å². The number of hydrogen-bond acceptors (Lipinski definition) is 11. The van der Waals surface area contributed by atoms with Crippen molar-refractivity contribution in [2.45, 2.75) is 26.7 Å². The van der Waals surface area contributed by atoms with Crippen LogP contribution in [-0.4, -0.2) is 33.7 Å². The van der Waals surface area contributed by atoms with Crippen LogP contribution in [-0.2, 0) is 14.3 Å². The minimum Gasteiger partial charge on any atom is -0.463 e. The van der Waals surface area contributed by atoms with Gasteiger partial charge in [0.05, 0.1) is 34.7 Å². The van der Waals surface area contributed by atoms with Crippen LogP contribution in [0.1, 0.15) is 32.3 Å². The number of nitrogens with one attached hydrogen (secondary N) is 1. The lowest BCUT2D eigenvalue weighted by Gasteiger charge is -2.34. The molecule has 0 radical (unpaired) electrons. The van der Waals surface area contributed by atoms with Crippen molar-refractivity contribution < 1.29 is 23.9 Å². The Morgan fingerprint density at radius 1 is 1.36 bits per heavy atom. The molecule has 0 spiro atoms. The maximum atomic E-state index is 13.0. The van der Waals surface area contributed by atoms with Gasteiger partial charge in [-0.15, -0.1) is 0 Å². The van der Waals surface area contributed by atoms with E-state index in [9.17, 15) is 25.0 Å². The van der Waals surface area contributed by atoms with Gasteiger partial charge < -0.3 is 15.8 Å². The fourth-order valence-corrected chi connectivity index (χ4v) is 3.49. The number of nitriles is 1. The Balaban J connectivity index is 2.24. The molecule has 1 aliphatic heterocycles. The summed E-state index contributed by atoms with van der Waals surface area (Å²) in [5.74, 6) is -2.34. The van der Waals surface area contributed by atoms with Crippen molar-refractivity contribution in [2.75, 3.05) is 16.8 Å². The molecule has 1 atom stereocenters. The first-order valence-electron chi connectivity index (χ1n) is 9.63. The standard InChI is InChI=1S/C20H19N7O6/c1-4-32-20(29)15-10(2)26(19-18(23-11(3)28)24-33-25-19)17(22)14(9-21)16(15)12-5-7-13(8-6-12)27(30)31/h5-8,16H,4,22H2,1-3H3,(H,23,24,28). The first-order valence-corrected chi connectivity index (χ1v) is 9.63. The number of amides is 1. The molecule has 0 saturated carbocycles. The lowest BCUT2D eigenvalue weighted by molar-refractivity contribution is -0.384. The number of nitrogens with zero attached hydrogens (tertiary/aromatic N) is 5. The van der Waals surface area contributed by atoms with Crippen LogP contribution in [0.5, 0.6) is 0 Å². The van der Waals surface area contributed by atoms with Crippen molar-refractivity contribution in [1.29, 1.82) is 5.26 Å². The molecule has 13 heteroatoms. The fourth-order valence-electron chi connectivity index (χ4n) is 3.49. The van der Waals surface area contributed by atoms with Gasteiger partial charge in [-0.3, -0.25) is 19.8 Å². The Morgan fingerprint density at radius 2 is 2.03 bits per heavy atom. The minimum atomic E-state index is -0.963. The second kappa shape index (κ2) is 9.18. The molecular formula is C20H19N7O6. The number of anilines is 2. The summed E-state index contributed by atoms with van der Waals surface area (Å²) in [6.45, 7) is 4.50. The number of carbonyl (C=O) groups excluding carboxylic acids is 2. The number of esters is 1. The lowest BCUT2D eigenvalue weighted by Crippen LogP contribution is -2.37. The van der Waals surface area contributed by atoms with Gasteiger partial charge in [0.25, 0.3) is 5.69 Å². The average Bonchev–Trinajstić information content (AvgIpc) is 3.20. The third-order valence-corrected chi connectivity index (χ3v) is 4.85. The summed E-state index contributed by atoms with van der Waals surface area (Å²) in [5, 5.41) is 30.8. The molecule has 33 heavy (non-hydrogen) atoms. The van der Waals surface area contributed by atoms with Crippen LogP contribution in [0.25, 0.3) is 0 Å². The Bertz CT molecular complexity index is 1220. The Hall–Kier alpha value is -4.73. The summed E-state index contributed by atoms with van der Waals surface area (Å²) in [4.78, 5) is 36.3. The predicted molar refractivity (Wildman–Crippen MR) is 113 cm³/mol. The Kier molecular flexibility index (Phi) is 6.38. The van der Waals surface area contributed by atoms with Gasteiger partial charge in [-0.1, -0.05) is 12.1 Å². The molecule has 2 aromatic rings. The van der Waals surface area contributed by atoms with Crippen LogP contribution in [0.2, 0.25) is 0 Å². The quantitative estimate of drug-likeness (QED) is 0.370. The second-order valence-electron chi connectivity index (χ2n) is 6.86. The highest BCUT2D eigenvalue weighted by Crippen LogP contribution is 2.43. The maximum absolute atomic E-state index is 13.0. The number of benzene rings is 1. The van der Waals surface area contributed by atoms with Crippen LogP contribution in [0.3, 0.4) is 0 Å². The number of non-ortho nitro benzene ring substituents is 1. The zero-order valence-electron chi connectivity index (χ0n) is 17.9. The van der Waals surface area contributed by atoms with Gasteiger partial charge in [-0.25, -0.2) is 9.42 Å². The van der Waals surface area contributed by atoms with Gasteiger partial charge in [0.1, 0.15) is 5.82 Å². The third-order valence-electron chi connectivity index (χ3n) is 4.85. The summed E-state index contributed by atoms with van der Waals surface area (Å²) in [5.41, 5.74) is 6.86. The summed E-state index contributed by atoms with van der Waals surface area (Å²) in [6, 6.07) is 7.42. The van der Waals surface area contributed by atoms with Gasteiger partial charge in [0.15, 0.2) is 0 Å². The first-order chi connectivity index (χ1) is 15.7. The van der Waals surface area contributed by atoms with Gasteiger partial charge in [-0.05, 0) is 29.7 Å². The van der Waals surface area contributed by atoms with Crippen molar-refractivity contribution >= 4 is 29.2 Å². The number of carbonyl (C=O) groups is 2. The van der Waals surface area contributed by atoms with E-state index in [1.165, 1.54) is 36.1 Å². The summed E-state index contributed by atoms with van der Waals surface area (Å²) in [7, 11) is 0. The van der Waals surface area contributed by atoms with Crippen molar-refractivity contribution in [3.05, 3.63) is 62.6 Å². The summed E-state index contributed by atoms with van der Waals surface area (Å²) >= 11 is 0. The van der Waals surface area contributed by atoms with E-state index < -0.39 is 22.7 Å². The third kappa shape index (κ3) is 4.22. The van der Waals surface area contributed by atoms with Crippen LogP contribution in [0, 0.1) is 21.4 Å². The molecule has 1 aromatic heterocycles. The number of rotatable bonds is 6. The monoisotopic (exact) mass is 453 g/mol. The van der Waals surface area contributed by atoms with Gasteiger partial charge in [-0.2, -0.15) is 5.26 Å². The topological polar surface area (TPSA) is 191 Å². The first kappa shape index (κ1) is 22.9. The molecule has 0 fully saturated rings. The van der Waals surface area contributed by atoms with E-state index in [0.717, 1.165) is 0 Å². The van der Waals surface area contributed by atoms with E-state index in [1.807, 2.05) is 6.07 Å². The van der Waals surface area contributed by atoms with E-state index >= 15 is 0 Å². The number of nitro groups is 1. The molecule has 3 N–H and O–H groups in total. The number of nitro benzene ring substituents is 1. The number of nitrogens with two attached hydrogens (primary N) is 1. The van der Waals surface area contributed by atoms with E-state index in [2.05, 4.69) is 15.6 Å². The second-order valence-corrected chi connectivity index (χ2v) is 6.86. The number of hydrogen-bond donors (Lipinski definition) is 2. The maximum Gasteiger partial charge on any atom is 0.336 e. The van der Waals surface area contributed by atoms with E-state index in [1.54, 1.807) is 13.8 Å². The Morgan fingerprint density at radius 3 is 2.58 bits per heavy atom. The van der Waals surface area contributed by atoms with E-state index in [4.69, 9.17) is 15.1 Å². The molecule has 0 aliphatic carbocycles. The smallest absolute Gasteiger partial charge is 0.336 e. The molecule has 1 unspecified atom stereocenters. The minimum absolute atomic E-state index is 0.0331. The highest BCUT2D eigenvalue weighted by molar-refractivity contribution is 5.96. The fraction of sp³-hybridized carbons (Fsp3) is 0.250. The molecule has 2 heterocycles. The van der Waals surface area contributed by atoms with E-state index in [0.29, 0.717) is 5.56 Å². The van der Waals surface area contributed by atoms with Crippen molar-refractivity contribution in [2.24, 2.45) is 5.73 Å². The molecule has 1 amide bonds. The zero-order chi connectivity index (χ0) is 24.3. The van der Waals surface area contributed by atoms with Gasteiger partial charge in [0.2, 0.25) is 17.5 Å². The molecule has 13 nitrogen and oxygen atoms in total. The average molecular weight is 453 g/mol. The van der Waals surface area contributed by atoms with Gasteiger partial charge >= 0.3 is 5.97 Å². The van der Waals surface area contributed by atoms with Crippen LogP contribution >= 0.6 is 0 Å². The van der Waals surface area contributed by atoms with Crippen molar-refractivity contribution in [1.82, 2.24) is 10.3 Å². The molecule has 1 aliphatic rings. The lowest BCUT2D eigenvalue weighted by atomic mass is 9.81. The normalized spacial score (nSPS) is 15.8. The SMILES string of the molecule is CCOC(=O)C1=C(C)N(c2nonc2NC(C)=O)C(N)=C(C#N)C1c1ccc([N+](=O)[O-])cc1. The number of ether oxygens (including phenoxy) is 1. The van der Waals surface area contributed by atoms with Crippen LogP contribution in [0.15, 0.2) is 51.6 Å².